The molecule has 3 heteroatoms. The van der Waals surface area contributed by atoms with Crippen molar-refractivity contribution in [2.75, 3.05) is 7.05 Å². The minimum absolute atomic E-state index is 0.0594. The lowest BCUT2D eigenvalue weighted by atomic mass is 10.1. The lowest BCUT2D eigenvalue weighted by molar-refractivity contribution is -0.121. The summed E-state index contributed by atoms with van der Waals surface area (Å²) in [5.41, 5.74) is 0. The number of hydrogen-bond acceptors (Lipinski definition) is 1. The van der Waals surface area contributed by atoms with E-state index >= 15 is 0 Å². The Hall–Kier alpha value is -0.573. The van der Waals surface area contributed by atoms with Gasteiger partial charge in [0.15, 0.2) is 0 Å². The summed E-state index contributed by atoms with van der Waals surface area (Å²) in [5, 5.41) is 2.28. The summed E-state index contributed by atoms with van der Waals surface area (Å²) in [7, 11) is 2.45. The minimum Gasteiger partial charge on any atom is -0.359 e. The standard InChI is InChI=1S/C6H13NOSi/c1-4-6(2,9)5(8)7-3/h4H,1H2,2-3,9H3,(H,7,8). The van der Waals surface area contributed by atoms with E-state index in [1.54, 1.807) is 13.1 Å². The van der Waals surface area contributed by atoms with Gasteiger partial charge in [-0.05, 0) is 0 Å². The van der Waals surface area contributed by atoms with E-state index in [0.717, 1.165) is 10.2 Å². The first kappa shape index (κ1) is 8.43. The van der Waals surface area contributed by atoms with Crippen molar-refractivity contribution >= 4 is 16.1 Å². The molecule has 9 heavy (non-hydrogen) atoms. The van der Waals surface area contributed by atoms with Crippen molar-refractivity contribution in [3.05, 3.63) is 12.7 Å². The highest BCUT2D eigenvalue weighted by atomic mass is 28.1. The fourth-order valence-electron chi connectivity index (χ4n) is 0.415. The van der Waals surface area contributed by atoms with Crippen LogP contribution in [0.3, 0.4) is 0 Å². The molecular formula is C6H13NOSi. The Labute approximate surface area is 58.8 Å². The van der Waals surface area contributed by atoms with Crippen LogP contribution in [0.15, 0.2) is 12.7 Å². The van der Waals surface area contributed by atoms with Crippen LogP contribution >= 0.6 is 0 Å². The summed E-state index contributed by atoms with van der Waals surface area (Å²) in [4.78, 5) is 10.9. The molecule has 0 aromatic rings. The van der Waals surface area contributed by atoms with Gasteiger partial charge in [0.2, 0.25) is 5.91 Å². The molecule has 2 nitrogen and oxygen atoms in total. The molecule has 0 aromatic carbocycles. The third-order valence-corrected chi connectivity index (χ3v) is 2.18. The summed E-state index contributed by atoms with van der Waals surface area (Å²) in [6.45, 7) is 5.46. The van der Waals surface area contributed by atoms with Crippen LogP contribution in [-0.2, 0) is 4.79 Å². The topological polar surface area (TPSA) is 29.1 Å². The SMILES string of the molecule is C=CC(C)([SiH3])C(=O)NC. The Kier molecular flexibility index (Phi) is 2.64. The molecule has 0 spiro atoms. The second-order valence-electron chi connectivity index (χ2n) is 2.50. The fourth-order valence-corrected chi connectivity index (χ4v) is 0.665. The van der Waals surface area contributed by atoms with E-state index in [4.69, 9.17) is 0 Å². The number of carbonyl (C=O) groups is 1. The van der Waals surface area contributed by atoms with Crippen LogP contribution in [0.5, 0.6) is 0 Å². The lowest BCUT2D eigenvalue weighted by Crippen LogP contribution is -2.29. The van der Waals surface area contributed by atoms with Crippen LogP contribution in [0.1, 0.15) is 6.92 Å². The van der Waals surface area contributed by atoms with Gasteiger partial charge < -0.3 is 5.32 Å². The zero-order valence-corrected chi connectivity index (χ0v) is 8.19. The molecule has 0 saturated carbocycles. The molecule has 1 amide bonds. The largest absolute Gasteiger partial charge is 0.359 e. The molecule has 0 heterocycles. The van der Waals surface area contributed by atoms with Gasteiger partial charge in [-0.15, -0.1) is 6.58 Å². The predicted molar refractivity (Wildman–Crippen MR) is 42.6 cm³/mol. The summed E-state index contributed by atoms with van der Waals surface area (Å²) in [5.74, 6) is 0.0594. The summed E-state index contributed by atoms with van der Waals surface area (Å²) >= 11 is 0. The zero-order chi connectivity index (χ0) is 7.49. The maximum Gasteiger partial charge on any atom is 0.225 e. The Balaban J connectivity index is 4.14. The first-order valence-corrected chi connectivity index (χ1v) is 3.90. The minimum atomic E-state index is -0.297. The molecular weight excluding hydrogens is 130 g/mol. The average Bonchev–Trinajstić information content (AvgIpc) is 1.86. The highest BCUT2D eigenvalue weighted by Crippen LogP contribution is 2.19. The molecule has 0 aliphatic rings. The monoisotopic (exact) mass is 143 g/mol. The highest BCUT2D eigenvalue weighted by Gasteiger charge is 2.21. The van der Waals surface area contributed by atoms with Gasteiger partial charge in [-0.2, -0.15) is 0 Å². The maximum atomic E-state index is 10.9. The predicted octanol–water partition coefficient (Wildman–Crippen LogP) is -0.538. The molecule has 1 unspecified atom stereocenters. The number of rotatable bonds is 2. The van der Waals surface area contributed by atoms with E-state index in [1.165, 1.54) is 0 Å². The molecule has 52 valence electrons. The molecule has 0 aromatic heterocycles. The van der Waals surface area contributed by atoms with E-state index in [2.05, 4.69) is 11.9 Å². The van der Waals surface area contributed by atoms with Crippen LogP contribution in [0.25, 0.3) is 0 Å². The van der Waals surface area contributed by atoms with Crippen molar-refractivity contribution in [1.29, 1.82) is 0 Å². The van der Waals surface area contributed by atoms with Gasteiger partial charge in [0.1, 0.15) is 0 Å². The first-order chi connectivity index (χ1) is 4.04. The molecule has 0 bridgehead atoms. The van der Waals surface area contributed by atoms with Gasteiger partial charge in [0.25, 0.3) is 0 Å². The average molecular weight is 143 g/mol. The number of carbonyl (C=O) groups excluding carboxylic acids is 1. The van der Waals surface area contributed by atoms with Gasteiger partial charge in [0, 0.05) is 22.3 Å². The normalized spacial score (nSPS) is 16.2. The third kappa shape index (κ3) is 2.01. The Morgan fingerprint density at radius 1 is 1.89 bits per heavy atom. The van der Waals surface area contributed by atoms with Crippen molar-refractivity contribution in [3.63, 3.8) is 0 Å². The third-order valence-electron chi connectivity index (χ3n) is 1.32. The first-order valence-electron chi connectivity index (χ1n) is 2.90. The van der Waals surface area contributed by atoms with E-state index in [-0.39, 0.29) is 10.9 Å². The Bertz CT molecular complexity index is 131. The van der Waals surface area contributed by atoms with Crippen LogP contribution < -0.4 is 5.32 Å². The number of amides is 1. The molecule has 1 N–H and O–H groups in total. The van der Waals surface area contributed by atoms with Gasteiger partial charge in [-0.25, -0.2) is 0 Å². The van der Waals surface area contributed by atoms with E-state index in [9.17, 15) is 4.79 Å². The number of hydrogen-bond donors (Lipinski definition) is 1. The second kappa shape index (κ2) is 2.82. The van der Waals surface area contributed by atoms with Crippen LogP contribution in [0.2, 0.25) is 5.04 Å². The van der Waals surface area contributed by atoms with Gasteiger partial charge in [-0.1, -0.05) is 13.0 Å². The van der Waals surface area contributed by atoms with Crippen molar-refractivity contribution in [2.24, 2.45) is 0 Å². The van der Waals surface area contributed by atoms with Crippen LogP contribution in [0.4, 0.5) is 0 Å². The quantitative estimate of drug-likeness (QED) is 0.408. The van der Waals surface area contributed by atoms with Crippen LogP contribution in [0, 0.1) is 0 Å². The second-order valence-corrected chi connectivity index (χ2v) is 4.58. The van der Waals surface area contributed by atoms with E-state index < -0.39 is 0 Å². The van der Waals surface area contributed by atoms with Crippen molar-refractivity contribution in [2.45, 2.75) is 12.0 Å². The van der Waals surface area contributed by atoms with Crippen LogP contribution in [-0.4, -0.2) is 23.2 Å². The maximum absolute atomic E-state index is 10.9. The van der Waals surface area contributed by atoms with Crippen molar-refractivity contribution in [3.8, 4) is 0 Å². The molecule has 0 saturated heterocycles. The molecule has 0 radical (unpaired) electrons. The van der Waals surface area contributed by atoms with Crippen molar-refractivity contribution in [1.82, 2.24) is 5.32 Å². The highest BCUT2D eigenvalue weighted by molar-refractivity contribution is 6.29. The summed E-state index contributed by atoms with van der Waals surface area (Å²) in [6, 6.07) is 0. The smallest absolute Gasteiger partial charge is 0.225 e. The summed E-state index contributed by atoms with van der Waals surface area (Å²) in [6.07, 6.45) is 1.69. The zero-order valence-electron chi connectivity index (χ0n) is 6.19. The molecule has 1 atom stereocenters. The Morgan fingerprint density at radius 3 is 2.44 bits per heavy atom. The van der Waals surface area contributed by atoms with Crippen molar-refractivity contribution < 1.29 is 4.79 Å². The lowest BCUT2D eigenvalue weighted by Gasteiger charge is -2.16. The summed E-state index contributed by atoms with van der Waals surface area (Å²) < 4.78 is 0. The van der Waals surface area contributed by atoms with Gasteiger partial charge in [0.05, 0.1) is 0 Å². The van der Waals surface area contributed by atoms with Gasteiger partial charge >= 0.3 is 0 Å². The number of nitrogens with one attached hydrogen (secondary N) is 1. The van der Waals surface area contributed by atoms with E-state index in [1.807, 2.05) is 6.92 Å². The molecule has 0 aliphatic carbocycles. The molecule has 0 fully saturated rings. The molecule has 0 rings (SSSR count). The fraction of sp³-hybridized carbons (Fsp3) is 0.500. The Morgan fingerprint density at radius 2 is 2.33 bits per heavy atom. The van der Waals surface area contributed by atoms with Gasteiger partial charge in [-0.3, -0.25) is 4.79 Å². The van der Waals surface area contributed by atoms with E-state index in [0.29, 0.717) is 0 Å². The molecule has 0 aliphatic heterocycles.